The van der Waals surface area contributed by atoms with Crippen LogP contribution in [0, 0.1) is 0 Å². The van der Waals surface area contributed by atoms with E-state index in [1.807, 2.05) is 30.1 Å². The van der Waals surface area contributed by atoms with Gasteiger partial charge in [0, 0.05) is 32.9 Å². The predicted octanol–water partition coefficient (Wildman–Crippen LogP) is 3.52. The fourth-order valence-electron chi connectivity index (χ4n) is 3.13. The van der Waals surface area contributed by atoms with E-state index in [2.05, 4.69) is 32.0 Å². The largest absolute Gasteiger partial charge is 0.360 e. The molecule has 1 saturated heterocycles. The molecule has 3 rings (SSSR count). The van der Waals surface area contributed by atoms with Crippen molar-refractivity contribution in [3.63, 3.8) is 0 Å². The number of hydrogen-bond donors (Lipinski definition) is 1. The number of thiophene rings is 1. The Morgan fingerprint density at radius 2 is 2.38 bits per heavy atom. The second kappa shape index (κ2) is 8.15. The monoisotopic (exact) mass is 344 g/mol. The van der Waals surface area contributed by atoms with Gasteiger partial charge in [-0.05, 0) is 53.8 Å². The van der Waals surface area contributed by atoms with Crippen molar-refractivity contribution in [3.05, 3.63) is 46.8 Å². The summed E-state index contributed by atoms with van der Waals surface area (Å²) >= 11 is 1.69. The number of anilines is 1. The number of pyridine rings is 1. The minimum atomic E-state index is 0.0594. The molecule has 0 unspecified atom stereocenters. The summed E-state index contributed by atoms with van der Waals surface area (Å²) in [6, 6.07) is 8.32. The van der Waals surface area contributed by atoms with Crippen LogP contribution in [0.5, 0.6) is 0 Å². The Bertz CT molecular complexity index is 632. The lowest BCUT2D eigenvalue weighted by Gasteiger charge is -2.25. The van der Waals surface area contributed by atoms with E-state index in [0.717, 1.165) is 38.2 Å². The number of amides is 2. The van der Waals surface area contributed by atoms with Crippen molar-refractivity contribution < 1.29 is 4.79 Å². The number of carbonyl (C=O) groups excluding carboxylic acids is 1. The number of nitrogens with one attached hydrogen (secondary N) is 1. The van der Waals surface area contributed by atoms with Gasteiger partial charge in [-0.15, -0.1) is 0 Å². The van der Waals surface area contributed by atoms with Crippen LogP contribution in [0.3, 0.4) is 0 Å². The normalized spacial score (nSPS) is 17.0. The number of rotatable bonds is 6. The van der Waals surface area contributed by atoms with Gasteiger partial charge in [0.1, 0.15) is 5.82 Å². The van der Waals surface area contributed by atoms with Crippen LogP contribution in [0.25, 0.3) is 0 Å². The summed E-state index contributed by atoms with van der Waals surface area (Å²) in [7, 11) is 2.03. The van der Waals surface area contributed by atoms with Crippen LogP contribution in [0.2, 0.25) is 0 Å². The molecule has 1 N–H and O–H groups in total. The molecule has 0 aromatic carbocycles. The summed E-state index contributed by atoms with van der Waals surface area (Å²) in [6.07, 6.45) is 4.84. The van der Waals surface area contributed by atoms with Crippen LogP contribution in [-0.4, -0.2) is 42.6 Å². The molecule has 0 bridgehead atoms. The first kappa shape index (κ1) is 16.8. The SMILES string of the molecule is CN(CCCNC(=O)N1CCC[C@@H]1c1ccsc1)c1ccccn1. The van der Waals surface area contributed by atoms with E-state index in [4.69, 9.17) is 0 Å². The fourth-order valence-corrected chi connectivity index (χ4v) is 3.84. The smallest absolute Gasteiger partial charge is 0.317 e. The number of nitrogens with zero attached hydrogens (tertiary/aromatic N) is 3. The van der Waals surface area contributed by atoms with Gasteiger partial charge in [-0.25, -0.2) is 9.78 Å². The first-order valence-electron chi connectivity index (χ1n) is 8.44. The topological polar surface area (TPSA) is 48.5 Å². The van der Waals surface area contributed by atoms with E-state index in [9.17, 15) is 4.79 Å². The highest BCUT2D eigenvalue weighted by molar-refractivity contribution is 7.07. The molecular formula is C18H24N4OS. The minimum absolute atomic E-state index is 0.0594. The number of urea groups is 1. The van der Waals surface area contributed by atoms with E-state index in [1.54, 1.807) is 17.5 Å². The lowest BCUT2D eigenvalue weighted by Crippen LogP contribution is -2.40. The highest BCUT2D eigenvalue weighted by Gasteiger charge is 2.29. The highest BCUT2D eigenvalue weighted by atomic mass is 32.1. The fraction of sp³-hybridized carbons (Fsp3) is 0.444. The molecule has 24 heavy (non-hydrogen) atoms. The highest BCUT2D eigenvalue weighted by Crippen LogP contribution is 2.32. The molecule has 6 heteroatoms. The molecule has 1 fully saturated rings. The Morgan fingerprint density at radius 3 is 3.12 bits per heavy atom. The maximum Gasteiger partial charge on any atom is 0.317 e. The van der Waals surface area contributed by atoms with Crippen LogP contribution in [0.15, 0.2) is 41.2 Å². The van der Waals surface area contributed by atoms with Gasteiger partial charge >= 0.3 is 6.03 Å². The van der Waals surface area contributed by atoms with E-state index in [0.29, 0.717) is 6.54 Å². The third-order valence-corrected chi connectivity index (χ3v) is 5.13. The Labute approximate surface area is 147 Å². The molecule has 1 aliphatic rings. The first-order chi connectivity index (χ1) is 11.8. The van der Waals surface area contributed by atoms with Gasteiger partial charge in [0.25, 0.3) is 0 Å². The maximum absolute atomic E-state index is 12.5. The van der Waals surface area contributed by atoms with E-state index < -0.39 is 0 Å². The van der Waals surface area contributed by atoms with Crippen molar-refractivity contribution in [2.75, 3.05) is 31.6 Å². The van der Waals surface area contributed by atoms with Gasteiger partial charge in [0.05, 0.1) is 6.04 Å². The second-order valence-electron chi connectivity index (χ2n) is 6.10. The Kier molecular flexibility index (Phi) is 5.69. The summed E-state index contributed by atoms with van der Waals surface area (Å²) in [4.78, 5) is 20.9. The molecule has 1 atom stereocenters. The Morgan fingerprint density at radius 1 is 1.46 bits per heavy atom. The van der Waals surface area contributed by atoms with Gasteiger partial charge in [0.15, 0.2) is 0 Å². The van der Waals surface area contributed by atoms with E-state index in [-0.39, 0.29) is 12.1 Å². The molecule has 0 radical (unpaired) electrons. The zero-order valence-electron chi connectivity index (χ0n) is 14.0. The van der Waals surface area contributed by atoms with E-state index >= 15 is 0 Å². The van der Waals surface area contributed by atoms with Gasteiger partial charge in [-0.2, -0.15) is 11.3 Å². The van der Waals surface area contributed by atoms with Crippen molar-refractivity contribution >= 4 is 23.2 Å². The van der Waals surface area contributed by atoms with Gasteiger partial charge in [-0.1, -0.05) is 6.07 Å². The quantitative estimate of drug-likeness (QED) is 0.816. The van der Waals surface area contributed by atoms with Crippen molar-refractivity contribution in [1.82, 2.24) is 15.2 Å². The predicted molar refractivity (Wildman–Crippen MR) is 98.5 cm³/mol. The zero-order valence-corrected chi connectivity index (χ0v) is 14.8. The minimum Gasteiger partial charge on any atom is -0.360 e. The molecule has 128 valence electrons. The van der Waals surface area contributed by atoms with Gasteiger partial charge in [-0.3, -0.25) is 0 Å². The van der Waals surface area contributed by atoms with Crippen LogP contribution in [0.4, 0.5) is 10.6 Å². The summed E-state index contributed by atoms with van der Waals surface area (Å²) in [5, 5.41) is 7.30. The van der Waals surface area contributed by atoms with Crippen LogP contribution in [0.1, 0.15) is 30.9 Å². The molecule has 2 amide bonds. The Balaban J connectivity index is 1.42. The van der Waals surface area contributed by atoms with Crippen molar-refractivity contribution in [3.8, 4) is 0 Å². The molecule has 0 saturated carbocycles. The molecule has 2 aromatic heterocycles. The molecule has 2 aromatic rings. The molecule has 3 heterocycles. The first-order valence-corrected chi connectivity index (χ1v) is 9.39. The summed E-state index contributed by atoms with van der Waals surface area (Å²) < 4.78 is 0. The standard InChI is InChI=1S/C18H24N4OS/c1-21(17-7-2-3-9-19-17)11-5-10-20-18(23)22-12-4-6-16(22)15-8-13-24-14-15/h2-3,7-9,13-14,16H,4-6,10-12H2,1H3,(H,20,23)/t16-/m1/s1. The molecule has 5 nitrogen and oxygen atoms in total. The van der Waals surface area contributed by atoms with Crippen LogP contribution in [-0.2, 0) is 0 Å². The average Bonchev–Trinajstić information content (AvgIpc) is 3.29. The molecule has 0 spiro atoms. The molecule has 0 aliphatic carbocycles. The Hall–Kier alpha value is -2.08. The summed E-state index contributed by atoms with van der Waals surface area (Å²) in [5.74, 6) is 0.959. The van der Waals surface area contributed by atoms with Gasteiger partial charge in [0.2, 0.25) is 0 Å². The molecular weight excluding hydrogens is 320 g/mol. The van der Waals surface area contributed by atoms with Crippen molar-refractivity contribution in [2.24, 2.45) is 0 Å². The second-order valence-corrected chi connectivity index (χ2v) is 6.88. The number of likely N-dealkylation sites (tertiary alicyclic amines) is 1. The number of hydrogen-bond acceptors (Lipinski definition) is 4. The molecule has 1 aliphatic heterocycles. The maximum atomic E-state index is 12.5. The third-order valence-electron chi connectivity index (χ3n) is 4.43. The third kappa shape index (κ3) is 4.06. The lowest BCUT2D eigenvalue weighted by molar-refractivity contribution is 0.193. The van der Waals surface area contributed by atoms with Crippen molar-refractivity contribution in [2.45, 2.75) is 25.3 Å². The average molecular weight is 344 g/mol. The van der Waals surface area contributed by atoms with Crippen molar-refractivity contribution in [1.29, 1.82) is 0 Å². The summed E-state index contributed by atoms with van der Waals surface area (Å²) in [6.45, 7) is 2.40. The van der Waals surface area contributed by atoms with Crippen LogP contribution >= 0.6 is 11.3 Å². The number of carbonyl (C=O) groups is 1. The summed E-state index contributed by atoms with van der Waals surface area (Å²) in [5.41, 5.74) is 1.27. The van der Waals surface area contributed by atoms with Gasteiger partial charge < -0.3 is 15.1 Å². The lowest BCUT2D eigenvalue weighted by atomic mass is 10.1. The number of aromatic nitrogens is 1. The van der Waals surface area contributed by atoms with Crippen LogP contribution < -0.4 is 10.2 Å². The van der Waals surface area contributed by atoms with E-state index in [1.165, 1.54) is 5.56 Å². The zero-order chi connectivity index (χ0) is 16.8.